The number of aliphatic hydroxyl groups is 3. The van der Waals surface area contributed by atoms with Gasteiger partial charge in [-0.2, -0.15) is 11.8 Å². The Labute approximate surface area is 206 Å². The Hall–Kier alpha value is -0.550. The van der Waals surface area contributed by atoms with Gasteiger partial charge in [-0.05, 0) is 98.4 Å². The Morgan fingerprint density at radius 2 is 1.94 bits per heavy atom. The number of aliphatic hydroxyl groups excluding tert-OH is 2. The van der Waals surface area contributed by atoms with Crippen LogP contribution in [0.4, 0.5) is 0 Å². The van der Waals surface area contributed by atoms with E-state index in [0.29, 0.717) is 29.4 Å². The highest BCUT2D eigenvalue weighted by atomic mass is 32.2. The van der Waals surface area contributed by atoms with Crippen LogP contribution < -0.4 is 0 Å². The molecule has 0 aromatic heterocycles. The molecule has 3 nitrogen and oxygen atoms in total. The third-order valence-electron chi connectivity index (χ3n) is 9.35. The van der Waals surface area contributed by atoms with Crippen LogP contribution in [-0.4, -0.2) is 44.1 Å². The number of hydrogen-bond acceptors (Lipinski definition) is 4. The fourth-order valence-corrected chi connectivity index (χ4v) is 8.27. The second kappa shape index (κ2) is 11.5. The third-order valence-corrected chi connectivity index (χ3v) is 10.7. The number of allylic oxidation sites excluding steroid dienone is 3. The molecular formula is C29H48O3S. The molecular weight excluding hydrogens is 428 g/mol. The zero-order valence-electron chi connectivity index (χ0n) is 21.5. The van der Waals surface area contributed by atoms with E-state index in [1.807, 2.05) is 0 Å². The van der Waals surface area contributed by atoms with Gasteiger partial charge in [-0.1, -0.05) is 52.0 Å². The van der Waals surface area contributed by atoms with Gasteiger partial charge in [0.25, 0.3) is 0 Å². The van der Waals surface area contributed by atoms with E-state index in [0.717, 1.165) is 48.5 Å². The lowest BCUT2D eigenvalue weighted by Gasteiger charge is -2.44. The largest absolute Gasteiger partial charge is 0.393 e. The van der Waals surface area contributed by atoms with Gasteiger partial charge in [0.05, 0.1) is 17.8 Å². The SMILES string of the molecule is C=C1/C(=C\C=C2/CCC[C@]3(C)[C@@H]([C@@H](C)SCCCC(O)(CC)CC)CC[C@@H]23)C[C@@H](O)C[C@@H]1O. The summed E-state index contributed by atoms with van der Waals surface area (Å²) in [6.45, 7) is 13.2. The zero-order chi connectivity index (χ0) is 24.2. The third kappa shape index (κ3) is 6.18. The molecule has 0 unspecified atom stereocenters. The molecule has 0 radical (unpaired) electrons. The van der Waals surface area contributed by atoms with Crippen LogP contribution in [0.25, 0.3) is 0 Å². The predicted octanol–water partition coefficient (Wildman–Crippen LogP) is 6.58. The second-order valence-electron chi connectivity index (χ2n) is 11.3. The minimum Gasteiger partial charge on any atom is -0.393 e. The summed E-state index contributed by atoms with van der Waals surface area (Å²) in [7, 11) is 0. The first kappa shape index (κ1) is 27.0. The molecule has 0 heterocycles. The normalized spacial score (nSPS) is 36.4. The van der Waals surface area contributed by atoms with Crippen molar-refractivity contribution in [2.75, 3.05) is 5.75 Å². The molecule has 0 aromatic rings. The van der Waals surface area contributed by atoms with Gasteiger partial charge in [-0.15, -0.1) is 0 Å². The van der Waals surface area contributed by atoms with E-state index in [4.69, 9.17) is 0 Å². The monoisotopic (exact) mass is 476 g/mol. The van der Waals surface area contributed by atoms with Gasteiger partial charge in [-0.3, -0.25) is 0 Å². The Kier molecular flexibility index (Phi) is 9.39. The fraction of sp³-hybridized carbons (Fsp3) is 0.793. The van der Waals surface area contributed by atoms with Crippen molar-refractivity contribution in [1.29, 1.82) is 0 Å². The average Bonchev–Trinajstić information content (AvgIpc) is 3.15. The van der Waals surface area contributed by atoms with Crippen LogP contribution in [0.3, 0.4) is 0 Å². The molecule has 0 saturated heterocycles. The molecule has 188 valence electrons. The van der Waals surface area contributed by atoms with Gasteiger partial charge in [-0.25, -0.2) is 0 Å². The first-order valence-corrected chi connectivity index (χ1v) is 14.5. The minimum atomic E-state index is -0.616. The van der Waals surface area contributed by atoms with E-state index in [1.165, 1.54) is 32.1 Å². The smallest absolute Gasteiger partial charge is 0.0811 e. The van der Waals surface area contributed by atoms with Crippen molar-refractivity contribution in [3.05, 3.63) is 35.5 Å². The van der Waals surface area contributed by atoms with E-state index in [1.54, 1.807) is 5.57 Å². The molecule has 0 amide bonds. The molecule has 4 heteroatoms. The lowest BCUT2D eigenvalue weighted by Crippen LogP contribution is -2.37. The molecule has 3 N–H and O–H groups in total. The highest BCUT2D eigenvalue weighted by Gasteiger charge is 2.50. The Balaban J connectivity index is 1.62. The molecule has 6 atom stereocenters. The number of rotatable bonds is 9. The van der Waals surface area contributed by atoms with Crippen molar-refractivity contribution in [3.8, 4) is 0 Å². The maximum Gasteiger partial charge on any atom is 0.0811 e. The Bertz CT molecular complexity index is 737. The van der Waals surface area contributed by atoms with E-state index in [-0.39, 0.29) is 0 Å². The summed E-state index contributed by atoms with van der Waals surface area (Å²) in [5, 5.41) is 31.5. The molecule has 3 rings (SSSR count). The molecule has 3 fully saturated rings. The topological polar surface area (TPSA) is 60.7 Å². The lowest BCUT2D eigenvalue weighted by atomic mass is 9.63. The zero-order valence-corrected chi connectivity index (χ0v) is 22.3. The number of fused-ring (bicyclic) bond motifs is 1. The molecule has 0 spiro atoms. The van der Waals surface area contributed by atoms with Gasteiger partial charge in [0, 0.05) is 11.7 Å². The van der Waals surface area contributed by atoms with Gasteiger partial charge >= 0.3 is 0 Å². The molecule has 0 bridgehead atoms. The minimum absolute atomic E-state index is 0.366. The van der Waals surface area contributed by atoms with Gasteiger partial charge < -0.3 is 15.3 Å². The van der Waals surface area contributed by atoms with Crippen LogP contribution in [-0.2, 0) is 0 Å². The van der Waals surface area contributed by atoms with Crippen molar-refractivity contribution in [2.45, 2.75) is 121 Å². The first-order valence-electron chi connectivity index (χ1n) is 13.4. The lowest BCUT2D eigenvalue weighted by molar-refractivity contribution is 0.0232. The summed E-state index contributed by atoms with van der Waals surface area (Å²) in [5.74, 6) is 2.53. The molecule has 0 aliphatic heterocycles. The predicted molar refractivity (Wildman–Crippen MR) is 141 cm³/mol. The summed E-state index contributed by atoms with van der Waals surface area (Å²) in [6, 6.07) is 0. The van der Waals surface area contributed by atoms with Crippen molar-refractivity contribution in [1.82, 2.24) is 0 Å². The summed E-state index contributed by atoms with van der Waals surface area (Å²) >= 11 is 2.12. The van der Waals surface area contributed by atoms with E-state index in [9.17, 15) is 15.3 Å². The van der Waals surface area contributed by atoms with Crippen LogP contribution in [0.5, 0.6) is 0 Å². The highest BCUT2D eigenvalue weighted by molar-refractivity contribution is 7.99. The molecule has 33 heavy (non-hydrogen) atoms. The Morgan fingerprint density at radius 1 is 1.21 bits per heavy atom. The van der Waals surface area contributed by atoms with Crippen LogP contribution in [0.2, 0.25) is 0 Å². The van der Waals surface area contributed by atoms with E-state index in [2.05, 4.69) is 58.2 Å². The van der Waals surface area contributed by atoms with Crippen molar-refractivity contribution in [3.63, 3.8) is 0 Å². The highest BCUT2D eigenvalue weighted by Crippen LogP contribution is 2.59. The van der Waals surface area contributed by atoms with E-state index >= 15 is 0 Å². The number of hydrogen-bond donors (Lipinski definition) is 3. The van der Waals surface area contributed by atoms with Crippen LogP contribution >= 0.6 is 11.8 Å². The summed E-state index contributed by atoms with van der Waals surface area (Å²) in [5.41, 5.74) is 3.25. The summed E-state index contributed by atoms with van der Waals surface area (Å²) < 4.78 is 0. The van der Waals surface area contributed by atoms with Crippen LogP contribution in [0.1, 0.15) is 98.3 Å². The summed E-state index contributed by atoms with van der Waals surface area (Å²) in [6.07, 6.45) is 14.4. The quantitative estimate of drug-likeness (QED) is 0.329. The average molecular weight is 477 g/mol. The Morgan fingerprint density at radius 3 is 2.64 bits per heavy atom. The molecule has 0 aromatic carbocycles. The maximum absolute atomic E-state index is 10.6. The van der Waals surface area contributed by atoms with Gasteiger partial charge in [0.2, 0.25) is 0 Å². The number of thioether (sulfide) groups is 1. The van der Waals surface area contributed by atoms with Crippen LogP contribution in [0.15, 0.2) is 35.5 Å². The van der Waals surface area contributed by atoms with Crippen molar-refractivity contribution >= 4 is 11.8 Å². The standard InChI is InChI=1S/C29H48O3S/c1-6-29(32,7-2)16-9-17-33-21(4)25-13-14-26-22(10-8-15-28(25,26)5)11-12-23-18-24(30)19-27(31)20(23)3/h11-12,21,24-27,30-32H,3,6-10,13-19H2,1-2,4-5H3/b22-11+,23-12-/t21-,24-,25-,26+,27+,28-/m1/s1. The fourth-order valence-electron chi connectivity index (χ4n) is 6.91. The van der Waals surface area contributed by atoms with Crippen molar-refractivity contribution < 1.29 is 15.3 Å². The molecule has 3 saturated carbocycles. The van der Waals surface area contributed by atoms with Gasteiger partial charge in [0.15, 0.2) is 0 Å². The molecule has 3 aliphatic carbocycles. The summed E-state index contributed by atoms with van der Waals surface area (Å²) in [4.78, 5) is 0. The van der Waals surface area contributed by atoms with Crippen molar-refractivity contribution in [2.24, 2.45) is 17.3 Å². The maximum atomic E-state index is 10.6. The second-order valence-corrected chi connectivity index (χ2v) is 12.8. The first-order chi connectivity index (χ1) is 15.6. The van der Waals surface area contributed by atoms with Crippen LogP contribution in [0, 0.1) is 17.3 Å². The van der Waals surface area contributed by atoms with E-state index < -0.39 is 17.8 Å². The van der Waals surface area contributed by atoms with Gasteiger partial charge in [0.1, 0.15) is 0 Å². The molecule has 3 aliphatic rings.